The maximum absolute atomic E-state index is 12.3. The van der Waals surface area contributed by atoms with Gasteiger partial charge in [-0.2, -0.15) is 0 Å². The minimum Gasteiger partial charge on any atom is -0.507 e. The zero-order chi connectivity index (χ0) is 34.5. The van der Waals surface area contributed by atoms with Crippen molar-refractivity contribution in [1.82, 2.24) is 9.97 Å². The van der Waals surface area contributed by atoms with Crippen LogP contribution in [0.25, 0.3) is 33.9 Å². The molecule has 4 rings (SSSR count). The highest BCUT2D eigenvalue weighted by molar-refractivity contribution is 5.92. The second-order valence-corrected chi connectivity index (χ2v) is 14.0. The van der Waals surface area contributed by atoms with Crippen LogP contribution in [-0.4, -0.2) is 38.0 Å². The van der Waals surface area contributed by atoms with Gasteiger partial charge in [0.2, 0.25) is 11.8 Å². The van der Waals surface area contributed by atoms with E-state index in [2.05, 4.69) is 57.2 Å². The number of H-pyrrole nitrogens is 1. The average Bonchev–Trinajstić information content (AvgIpc) is 3.42. The summed E-state index contributed by atoms with van der Waals surface area (Å²) in [7, 11) is 0. The Hall–Kier alpha value is -4.92. The summed E-state index contributed by atoms with van der Waals surface area (Å²) in [6.07, 6.45) is 1.55. The molecule has 9 heteroatoms. The van der Waals surface area contributed by atoms with Gasteiger partial charge in [-0.15, -0.1) is 0 Å². The lowest BCUT2D eigenvalue weighted by Crippen LogP contribution is -2.17. The highest BCUT2D eigenvalue weighted by Crippen LogP contribution is 2.43. The summed E-state index contributed by atoms with van der Waals surface area (Å²) in [5.41, 5.74) is 6.34. The molecule has 0 radical (unpaired) electrons. The molecule has 0 saturated carbocycles. The van der Waals surface area contributed by atoms with Crippen molar-refractivity contribution in [2.24, 2.45) is 0 Å². The maximum Gasteiger partial charge on any atom is 0.303 e. The number of imidazole rings is 1. The number of phenolic OH excluding ortho intramolecular Hbond substituents is 1. The second kappa shape index (κ2) is 14.2. The van der Waals surface area contributed by atoms with Gasteiger partial charge in [0.25, 0.3) is 0 Å². The SMILES string of the molecule is CCCC(=O)Nc1ccc(-c2[nH]c(-c3cc(C(C)(C)C)c(O)c(C(C)(C)C)c3)nc2-c2ccc(NC(=O)CCCC(=O)O)cc2)cc1. The molecule has 4 aromatic rings. The van der Waals surface area contributed by atoms with Gasteiger partial charge >= 0.3 is 5.97 Å². The van der Waals surface area contributed by atoms with E-state index in [-0.39, 0.29) is 41.9 Å². The van der Waals surface area contributed by atoms with Crippen molar-refractivity contribution in [2.75, 3.05) is 10.6 Å². The predicted molar refractivity (Wildman–Crippen MR) is 188 cm³/mol. The zero-order valence-corrected chi connectivity index (χ0v) is 28.4. The molecule has 1 aromatic heterocycles. The number of aromatic nitrogens is 2. The topological polar surface area (TPSA) is 144 Å². The van der Waals surface area contributed by atoms with Gasteiger partial charge in [0.15, 0.2) is 0 Å². The number of aromatic amines is 1. The van der Waals surface area contributed by atoms with Gasteiger partial charge in [-0.05, 0) is 60.1 Å². The number of carbonyl (C=O) groups excluding carboxylic acids is 2. The van der Waals surface area contributed by atoms with Crippen LogP contribution in [0.4, 0.5) is 11.4 Å². The standard InChI is InChI=1S/C38H46N4O5/c1-8-10-30(43)39-26-17-13-23(14-18-26)33-34(24-15-19-27(20-16-24)40-31(44)11-9-12-32(45)46)42-36(41-33)25-21-28(37(2,3)4)35(47)29(22-25)38(5,6)7/h13-22,47H,8-12H2,1-7H3,(H,39,43)(H,40,44)(H,41,42)(H,45,46). The molecule has 0 aliphatic carbocycles. The Balaban J connectivity index is 1.78. The molecule has 0 atom stereocenters. The summed E-state index contributed by atoms with van der Waals surface area (Å²) in [4.78, 5) is 43.9. The van der Waals surface area contributed by atoms with Crippen molar-refractivity contribution in [2.45, 2.75) is 91.4 Å². The fraction of sp³-hybridized carbons (Fsp3) is 0.368. The molecule has 0 saturated heterocycles. The lowest BCUT2D eigenvalue weighted by atomic mass is 9.78. The first-order valence-electron chi connectivity index (χ1n) is 16.1. The van der Waals surface area contributed by atoms with Crippen LogP contribution in [0.3, 0.4) is 0 Å². The summed E-state index contributed by atoms with van der Waals surface area (Å²) < 4.78 is 0. The van der Waals surface area contributed by atoms with E-state index in [1.165, 1.54) is 0 Å². The van der Waals surface area contributed by atoms with E-state index < -0.39 is 5.97 Å². The Morgan fingerprint density at radius 2 is 1.21 bits per heavy atom. The van der Waals surface area contributed by atoms with Gasteiger partial charge in [-0.1, -0.05) is 72.7 Å². The summed E-state index contributed by atoms with van der Waals surface area (Å²) in [6.45, 7) is 14.4. The summed E-state index contributed by atoms with van der Waals surface area (Å²) >= 11 is 0. The number of carboxylic acid groups (broad SMARTS) is 1. The van der Waals surface area contributed by atoms with Gasteiger partial charge in [0.05, 0.1) is 11.4 Å². The average molecular weight is 639 g/mol. The van der Waals surface area contributed by atoms with Gasteiger partial charge in [-0.25, -0.2) is 4.98 Å². The predicted octanol–water partition coefficient (Wildman–Crippen LogP) is 8.64. The van der Waals surface area contributed by atoms with Crippen LogP contribution >= 0.6 is 0 Å². The molecule has 0 bridgehead atoms. The number of carbonyl (C=O) groups is 3. The van der Waals surface area contributed by atoms with Crippen LogP contribution in [0.15, 0.2) is 60.7 Å². The number of hydrogen-bond donors (Lipinski definition) is 5. The molecule has 1 heterocycles. The minimum absolute atomic E-state index is 0.0320. The Morgan fingerprint density at radius 3 is 1.68 bits per heavy atom. The largest absolute Gasteiger partial charge is 0.507 e. The molecule has 47 heavy (non-hydrogen) atoms. The number of phenols is 1. The lowest BCUT2D eigenvalue weighted by molar-refractivity contribution is -0.137. The van der Waals surface area contributed by atoms with Crippen LogP contribution in [0.1, 0.15) is 91.7 Å². The molecular weight excluding hydrogens is 592 g/mol. The molecule has 9 nitrogen and oxygen atoms in total. The van der Waals surface area contributed by atoms with Crippen molar-refractivity contribution in [3.05, 3.63) is 71.8 Å². The number of aromatic hydroxyl groups is 1. The second-order valence-electron chi connectivity index (χ2n) is 14.0. The van der Waals surface area contributed by atoms with Crippen molar-refractivity contribution in [1.29, 1.82) is 0 Å². The number of nitrogens with one attached hydrogen (secondary N) is 3. The van der Waals surface area contributed by atoms with Crippen molar-refractivity contribution in [3.63, 3.8) is 0 Å². The number of rotatable bonds is 11. The first-order chi connectivity index (χ1) is 22.1. The number of hydrogen-bond acceptors (Lipinski definition) is 5. The van der Waals surface area contributed by atoms with Crippen LogP contribution in [0.5, 0.6) is 5.75 Å². The minimum atomic E-state index is -0.927. The fourth-order valence-electron chi connectivity index (χ4n) is 5.35. The Morgan fingerprint density at radius 1 is 0.723 bits per heavy atom. The number of benzene rings is 3. The molecule has 0 aliphatic rings. The molecule has 2 amide bonds. The van der Waals surface area contributed by atoms with Crippen molar-refractivity contribution >= 4 is 29.2 Å². The molecule has 248 valence electrons. The fourth-order valence-corrected chi connectivity index (χ4v) is 5.35. The third kappa shape index (κ3) is 8.87. The Kier molecular flexibility index (Phi) is 10.6. The maximum atomic E-state index is 12.3. The normalized spacial score (nSPS) is 11.7. The van der Waals surface area contributed by atoms with Gasteiger partial charge in [0.1, 0.15) is 11.6 Å². The van der Waals surface area contributed by atoms with Gasteiger partial charge in [-0.3, -0.25) is 14.4 Å². The van der Waals surface area contributed by atoms with Crippen LogP contribution in [0.2, 0.25) is 0 Å². The van der Waals surface area contributed by atoms with E-state index in [0.29, 0.717) is 35.1 Å². The number of aliphatic carboxylic acids is 1. The first kappa shape index (κ1) is 34.9. The summed E-state index contributed by atoms with van der Waals surface area (Å²) in [5, 5.41) is 25.9. The highest BCUT2D eigenvalue weighted by Gasteiger charge is 2.28. The third-order valence-electron chi connectivity index (χ3n) is 7.87. The third-order valence-corrected chi connectivity index (χ3v) is 7.87. The number of anilines is 2. The number of amides is 2. The molecular formula is C38H46N4O5. The molecule has 0 unspecified atom stereocenters. The Labute approximate surface area is 276 Å². The van der Waals surface area contributed by atoms with Crippen LogP contribution in [-0.2, 0) is 25.2 Å². The number of nitrogens with zero attached hydrogens (tertiary/aromatic N) is 1. The summed E-state index contributed by atoms with van der Waals surface area (Å²) in [6, 6.07) is 19.0. The quantitative estimate of drug-likeness (QED) is 0.111. The van der Waals surface area contributed by atoms with E-state index in [0.717, 1.165) is 39.9 Å². The Bertz CT molecular complexity index is 1710. The smallest absolute Gasteiger partial charge is 0.303 e. The van der Waals surface area contributed by atoms with Gasteiger partial charge < -0.3 is 25.8 Å². The van der Waals surface area contributed by atoms with E-state index >= 15 is 0 Å². The molecule has 0 fully saturated rings. The monoisotopic (exact) mass is 638 g/mol. The molecule has 5 N–H and O–H groups in total. The zero-order valence-electron chi connectivity index (χ0n) is 28.4. The van der Waals surface area contributed by atoms with Crippen LogP contribution < -0.4 is 10.6 Å². The lowest BCUT2D eigenvalue weighted by Gasteiger charge is -2.28. The van der Waals surface area contributed by atoms with E-state index in [4.69, 9.17) is 10.1 Å². The number of carboxylic acids is 1. The van der Waals surface area contributed by atoms with Crippen LogP contribution in [0, 0.1) is 0 Å². The molecule has 3 aromatic carbocycles. The molecule has 0 aliphatic heterocycles. The van der Waals surface area contributed by atoms with E-state index in [1.54, 1.807) is 12.1 Å². The molecule has 0 spiro atoms. The van der Waals surface area contributed by atoms with Crippen molar-refractivity contribution in [3.8, 4) is 39.7 Å². The van der Waals surface area contributed by atoms with Gasteiger partial charge in [0, 0.05) is 58.5 Å². The first-order valence-corrected chi connectivity index (χ1v) is 16.1. The summed E-state index contributed by atoms with van der Waals surface area (Å²) in [5.74, 6) is -0.270. The van der Waals surface area contributed by atoms with E-state index in [9.17, 15) is 19.5 Å². The highest BCUT2D eigenvalue weighted by atomic mass is 16.4. The van der Waals surface area contributed by atoms with Crippen molar-refractivity contribution < 1.29 is 24.6 Å². The van der Waals surface area contributed by atoms with E-state index in [1.807, 2.05) is 55.5 Å².